The Labute approximate surface area is 227 Å². The van der Waals surface area contributed by atoms with E-state index in [1.165, 1.54) is 7.11 Å². The second-order valence-electron chi connectivity index (χ2n) is 11.4. The number of carbonyl (C=O) groups is 1. The van der Waals surface area contributed by atoms with Crippen molar-refractivity contribution in [1.29, 1.82) is 0 Å². The van der Waals surface area contributed by atoms with Gasteiger partial charge in [-0.2, -0.15) is 0 Å². The Balaban J connectivity index is 1.71. The van der Waals surface area contributed by atoms with Gasteiger partial charge in [0.15, 0.2) is 11.6 Å². The van der Waals surface area contributed by atoms with Gasteiger partial charge in [0.05, 0.1) is 25.8 Å². The lowest BCUT2D eigenvalue weighted by atomic mass is 9.80. The van der Waals surface area contributed by atoms with Crippen molar-refractivity contribution in [3.05, 3.63) is 76.5 Å². The number of fused-ring (bicyclic) bond motifs is 1. The Kier molecular flexibility index (Phi) is 7.98. The van der Waals surface area contributed by atoms with Gasteiger partial charge in [0.25, 0.3) is 0 Å². The molecule has 0 radical (unpaired) electrons. The molecule has 0 fully saturated rings. The zero-order valence-corrected chi connectivity index (χ0v) is 23.2. The molecule has 0 saturated carbocycles. The molecule has 4 rings (SSSR count). The first-order valence-electron chi connectivity index (χ1n) is 12.9. The second kappa shape index (κ2) is 10.9. The molecule has 1 N–H and O–H groups in total. The molecule has 3 aromatic rings. The predicted octanol–water partition coefficient (Wildman–Crippen LogP) is 7.03. The Bertz CT molecular complexity index is 1380. The molecule has 0 saturated heterocycles. The van der Waals surface area contributed by atoms with Crippen molar-refractivity contribution in [3.63, 3.8) is 0 Å². The fraction of sp³-hybridized carbons (Fsp3) is 0.419. The number of aryl methyl sites for hydroxylation is 1. The van der Waals surface area contributed by atoms with Gasteiger partial charge in [0.2, 0.25) is 5.88 Å². The van der Waals surface area contributed by atoms with Gasteiger partial charge in [-0.15, -0.1) is 0 Å². The lowest BCUT2D eigenvalue weighted by molar-refractivity contribution is -0.138. The molecule has 0 unspecified atom stereocenters. The molecule has 8 heteroatoms. The fourth-order valence-electron chi connectivity index (χ4n) is 5.63. The van der Waals surface area contributed by atoms with Crippen LogP contribution in [0.2, 0.25) is 0 Å². The van der Waals surface area contributed by atoms with Crippen LogP contribution in [0.5, 0.6) is 11.6 Å². The summed E-state index contributed by atoms with van der Waals surface area (Å²) in [6.07, 6.45) is 1.79. The van der Waals surface area contributed by atoms with Crippen LogP contribution in [0.1, 0.15) is 68.9 Å². The van der Waals surface area contributed by atoms with Crippen molar-refractivity contribution in [1.82, 2.24) is 4.98 Å². The van der Waals surface area contributed by atoms with Gasteiger partial charge in [0.1, 0.15) is 12.4 Å². The minimum absolute atomic E-state index is 0.0569. The molecular formula is C31H35F2NO5. The minimum atomic E-state index is -0.960. The maximum absolute atomic E-state index is 15.6. The number of carboxylic acids is 1. The molecule has 1 heterocycles. The van der Waals surface area contributed by atoms with Crippen LogP contribution < -0.4 is 9.47 Å². The largest absolute Gasteiger partial charge is 0.486 e. The van der Waals surface area contributed by atoms with E-state index in [0.717, 1.165) is 22.9 Å². The summed E-state index contributed by atoms with van der Waals surface area (Å²) in [4.78, 5) is 15.4. The van der Waals surface area contributed by atoms with E-state index in [2.05, 4.69) is 4.98 Å². The first-order valence-corrected chi connectivity index (χ1v) is 12.9. The van der Waals surface area contributed by atoms with Crippen LogP contribution in [0.25, 0.3) is 11.1 Å². The molecule has 0 bridgehead atoms. The molecule has 2 aromatic carbocycles. The van der Waals surface area contributed by atoms with Gasteiger partial charge in [-0.3, -0.25) is 4.79 Å². The fourth-order valence-corrected chi connectivity index (χ4v) is 5.63. The summed E-state index contributed by atoms with van der Waals surface area (Å²) < 4.78 is 47.6. The summed E-state index contributed by atoms with van der Waals surface area (Å²) in [6.45, 7) is 7.94. The number of nitrogens with zero attached hydrogens (tertiary/aromatic N) is 1. The van der Waals surface area contributed by atoms with Crippen molar-refractivity contribution in [3.8, 4) is 22.8 Å². The number of halogens is 2. The third kappa shape index (κ3) is 5.76. The molecule has 2 atom stereocenters. The highest BCUT2D eigenvalue weighted by molar-refractivity contribution is 5.70. The number of hydrogen-bond acceptors (Lipinski definition) is 5. The summed E-state index contributed by atoms with van der Waals surface area (Å²) in [5.74, 6) is -1.60. The van der Waals surface area contributed by atoms with Gasteiger partial charge >= 0.3 is 5.97 Å². The van der Waals surface area contributed by atoms with Crippen LogP contribution in [0.3, 0.4) is 0 Å². The number of rotatable bonds is 9. The average Bonchev–Trinajstić information content (AvgIpc) is 3.20. The van der Waals surface area contributed by atoms with Crippen molar-refractivity contribution in [2.24, 2.45) is 5.41 Å². The maximum Gasteiger partial charge on any atom is 0.304 e. The summed E-state index contributed by atoms with van der Waals surface area (Å²) in [6, 6.07) is 10.5. The number of hydrogen-bond donors (Lipinski definition) is 1. The van der Waals surface area contributed by atoms with Crippen LogP contribution in [0, 0.1) is 17.0 Å². The normalized spacial score (nSPS) is 17.5. The number of aliphatic carboxylic acids is 1. The van der Waals surface area contributed by atoms with E-state index in [4.69, 9.17) is 14.2 Å². The Morgan fingerprint density at radius 3 is 2.51 bits per heavy atom. The van der Waals surface area contributed by atoms with Gasteiger partial charge < -0.3 is 19.3 Å². The third-order valence-corrected chi connectivity index (χ3v) is 7.43. The first-order chi connectivity index (χ1) is 18.4. The van der Waals surface area contributed by atoms with E-state index in [9.17, 15) is 14.3 Å². The lowest BCUT2D eigenvalue weighted by Gasteiger charge is -2.32. The van der Waals surface area contributed by atoms with Crippen molar-refractivity contribution < 1.29 is 32.9 Å². The molecule has 0 spiro atoms. The zero-order chi connectivity index (χ0) is 28.5. The van der Waals surface area contributed by atoms with Crippen molar-refractivity contribution >= 4 is 5.97 Å². The standard InChI is InChI=1S/C31H35F2NO5/c1-30(2,3)29(38-6)22-13-18(7-9-20(22)21-14-25(37-5)34-16-23(21)32)17-39-24-10-8-19-11-12-31(4,15-26(35)36)27(19)28(24)33/h7-10,13-14,16,29H,11-12,15,17H2,1-6H3,(H,35,36)/t29-,31+/m1/s1. The molecule has 1 aliphatic carbocycles. The number of pyridine rings is 1. The molecule has 1 aromatic heterocycles. The average molecular weight is 540 g/mol. The zero-order valence-electron chi connectivity index (χ0n) is 23.2. The van der Waals surface area contributed by atoms with E-state index in [0.29, 0.717) is 29.5 Å². The Morgan fingerprint density at radius 1 is 1.13 bits per heavy atom. The molecule has 1 aliphatic rings. The number of carboxylic acid groups (broad SMARTS) is 1. The van der Waals surface area contributed by atoms with Crippen LogP contribution in [-0.4, -0.2) is 30.3 Å². The van der Waals surface area contributed by atoms with E-state index in [-0.39, 0.29) is 36.2 Å². The van der Waals surface area contributed by atoms with E-state index in [1.54, 1.807) is 38.3 Å². The van der Waals surface area contributed by atoms with Gasteiger partial charge in [-0.1, -0.05) is 45.9 Å². The number of benzene rings is 2. The summed E-state index contributed by atoms with van der Waals surface area (Å²) in [5.41, 5.74) is 2.59. The number of ether oxygens (including phenoxy) is 3. The van der Waals surface area contributed by atoms with Crippen LogP contribution in [-0.2, 0) is 28.0 Å². The van der Waals surface area contributed by atoms with Crippen LogP contribution in [0.15, 0.2) is 42.6 Å². The monoisotopic (exact) mass is 539 g/mol. The lowest BCUT2D eigenvalue weighted by Crippen LogP contribution is -2.24. The maximum atomic E-state index is 15.6. The summed E-state index contributed by atoms with van der Waals surface area (Å²) >= 11 is 0. The van der Waals surface area contributed by atoms with Gasteiger partial charge in [-0.25, -0.2) is 13.8 Å². The smallest absolute Gasteiger partial charge is 0.304 e. The molecule has 6 nitrogen and oxygen atoms in total. The van der Waals surface area contributed by atoms with Gasteiger partial charge in [-0.05, 0) is 52.6 Å². The highest BCUT2D eigenvalue weighted by atomic mass is 19.1. The van der Waals surface area contributed by atoms with Crippen molar-refractivity contribution in [2.45, 2.75) is 65.1 Å². The highest BCUT2D eigenvalue weighted by Crippen LogP contribution is 2.45. The quantitative estimate of drug-likeness (QED) is 0.315. The Hall–Kier alpha value is -3.52. The van der Waals surface area contributed by atoms with Crippen molar-refractivity contribution in [2.75, 3.05) is 14.2 Å². The van der Waals surface area contributed by atoms with E-state index >= 15 is 4.39 Å². The SMILES string of the molecule is COc1cc(-c2ccc(COc3ccc4c(c3F)[C@](C)(CC(=O)O)CC4)cc2[C@@H](OC)C(C)(C)C)c(F)cn1. The van der Waals surface area contributed by atoms with E-state index in [1.807, 2.05) is 32.9 Å². The Morgan fingerprint density at radius 2 is 1.87 bits per heavy atom. The first kappa shape index (κ1) is 28.5. The third-order valence-electron chi connectivity index (χ3n) is 7.43. The predicted molar refractivity (Wildman–Crippen MR) is 144 cm³/mol. The van der Waals surface area contributed by atoms with Crippen LogP contribution in [0.4, 0.5) is 8.78 Å². The van der Waals surface area contributed by atoms with Crippen LogP contribution >= 0.6 is 0 Å². The second-order valence-corrected chi connectivity index (χ2v) is 11.4. The molecular weight excluding hydrogens is 504 g/mol. The highest BCUT2D eigenvalue weighted by Gasteiger charge is 2.40. The number of methoxy groups -OCH3 is 2. The molecule has 0 amide bonds. The number of aromatic nitrogens is 1. The molecule has 208 valence electrons. The van der Waals surface area contributed by atoms with Gasteiger partial charge in [0, 0.05) is 29.7 Å². The summed E-state index contributed by atoms with van der Waals surface area (Å²) in [7, 11) is 3.08. The molecule has 39 heavy (non-hydrogen) atoms. The van der Waals surface area contributed by atoms with E-state index < -0.39 is 23.0 Å². The minimum Gasteiger partial charge on any atom is -0.486 e. The molecule has 0 aliphatic heterocycles. The topological polar surface area (TPSA) is 77.9 Å². The summed E-state index contributed by atoms with van der Waals surface area (Å²) in [5, 5.41) is 9.38.